The van der Waals surface area contributed by atoms with Gasteiger partial charge in [-0.05, 0) is 49.7 Å². The minimum Gasteiger partial charge on any atom is -0.497 e. The molecule has 1 heterocycles. The number of amides is 3. The number of rotatable bonds is 6. The van der Waals surface area contributed by atoms with Gasteiger partial charge in [-0.15, -0.1) is 11.3 Å². The molecule has 0 fully saturated rings. The van der Waals surface area contributed by atoms with E-state index in [2.05, 4.69) is 10.6 Å². The number of likely N-dealkylation sites (N-methyl/N-ethyl adjacent to an activating group) is 1. The lowest BCUT2D eigenvalue weighted by atomic mass is 10.2. The van der Waals surface area contributed by atoms with Crippen molar-refractivity contribution in [2.45, 2.75) is 13.0 Å². The minimum absolute atomic E-state index is 0.111. The summed E-state index contributed by atoms with van der Waals surface area (Å²) in [6.07, 6.45) is 0. The number of carbonyl (C=O) groups excluding carboxylic acids is 2. The SMILES string of the molecule is COc1ccc(NC(=O)NC(=O)CN(C)C(C)c2cccs2)cc1. The Morgan fingerprint density at radius 2 is 1.96 bits per heavy atom. The Morgan fingerprint density at radius 1 is 1.25 bits per heavy atom. The van der Waals surface area contributed by atoms with Crippen LogP contribution in [0.15, 0.2) is 41.8 Å². The number of anilines is 1. The van der Waals surface area contributed by atoms with Gasteiger partial charge in [-0.2, -0.15) is 0 Å². The number of imide groups is 1. The van der Waals surface area contributed by atoms with Crippen molar-refractivity contribution in [2.24, 2.45) is 0 Å². The molecule has 2 rings (SSSR count). The van der Waals surface area contributed by atoms with Crippen LogP contribution in [0.25, 0.3) is 0 Å². The number of hydrogen-bond acceptors (Lipinski definition) is 5. The summed E-state index contributed by atoms with van der Waals surface area (Å²) in [6.45, 7) is 2.16. The molecule has 2 aromatic rings. The lowest BCUT2D eigenvalue weighted by Gasteiger charge is -2.22. The molecule has 0 aliphatic rings. The van der Waals surface area contributed by atoms with E-state index in [0.717, 1.165) is 0 Å². The van der Waals surface area contributed by atoms with Crippen LogP contribution in [0, 0.1) is 0 Å². The fraction of sp³-hybridized carbons (Fsp3) is 0.294. The molecule has 128 valence electrons. The molecule has 0 saturated carbocycles. The standard InChI is InChI=1S/C17H21N3O3S/c1-12(15-5-4-10-24-15)20(2)11-16(21)19-17(22)18-13-6-8-14(23-3)9-7-13/h4-10,12H,11H2,1-3H3,(H2,18,19,21,22). The number of methoxy groups -OCH3 is 1. The van der Waals surface area contributed by atoms with Crippen LogP contribution in [-0.4, -0.2) is 37.5 Å². The fourth-order valence-corrected chi connectivity index (χ4v) is 2.96. The lowest BCUT2D eigenvalue weighted by Crippen LogP contribution is -2.41. The van der Waals surface area contributed by atoms with Gasteiger partial charge in [0.05, 0.1) is 13.7 Å². The molecule has 0 radical (unpaired) electrons. The number of hydrogen-bond donors (Lipinski definition) is 2. The van der Waals surface area contributed by atoms with E-state index in [9.17, 15) is 9.59 Å². The van der Waals surface area contributed by atoms with Gasteiger partial charge in [0, 0.05) is 16.6 Å². The Kier molecular flexibility index (Phi) is 6.34. The van der Waals surface area contributed by atoms with Gasteiger partial charge >= 0.3 is 6.03 Å². The number of urea groups is 1. The number of nitrogens with one attached hydrogen (secondary N) is 2. The van der Waals surface area contributed by atoms with Crippen LogP contribution >= 0.6 is 11.3 Å². The first kappa shape index (κ1) is 18.0. The fourth-order valence-electron chi connectivity index (χ4n) is 2.11. The Balaban J connectivity index is 1.81. The van der Waals surface area contributed by atoms with Crippen molar-refractivity contribution in [1.29, 1.82) is 0 Å². The molecule has 1 unspecified atom stereocenters. The summed E-state index contributed by atoms with van der Waals surface area (Å²) >= 11 is 1.64. The predicted molar refractivity (Wildman–Crippen MR) is 95.5 cm³/mol. The monoisotopic (exact) mass is 347 g/mol. The molecule has 0 aliphatic heterocycles. The normalized spacial score (nSPS) is 11.8. The highest BCUT2D eigenvalue weighted by molar-refractivity contribution is 7.10. The zero-order valence-electron chi connectivity index (χ0n) is 13.9. The van der Waals surface area contributed by atoms with E-state index < -0.39 is 6.03 Å². The van der Waals surface area contributed by atoms with E-state index in [0.29, 0.717) is 11.4 Å². The lowest BCUT2D eigenvalue weighted by molar-refractivity contribution is -0.121. The van der Waals surface area contributed by atoms with Crippen LogP contribution in [0.3, 0.4) is 0 Å². The number of carbonyl (C=O) groups is 2. The highest BCUT2D eigenvalue weighted by Gasteiger charge is 2.17. The third-order valence-corrected chi connectivity index (χ3v) is 4.65. The van der Waals surface area contributed by atoms with Gasteiger partial charge in [0.2, 0.25) is 5.91 Å². The van der Waals surface area contributed by atoms with Gasteiger partial charge in [-0.3, -0.25) is 15.0 Å². The second-order valence-electron chi connectivity index (χ2n) is 5.34. The summed E-state index contributed by atoms with van der Waals surface area (Å²) in [5.41, 5.74) is 0.585. The molecule has 0 spiro atoms. The van der Waals surface area contributed by atoms with Gasteiger partial charge < -0.3 is 10.1 Å². The van der Waals surface area contributed by atoms with Crippen LogP contribution in [0.2, 0.25) is 0 Å². The first-order chi connectivity index (χ1) is 11.5. The van der Waals surface area contributed by atoms with E-state index in [1.165, 1.54) is 4.88 Å². The van der Waals surface area contributed by atoms with E-state index in [1.807, 2.05) is 36.4 Å². The van der Waals surface area contributed by atoms with E-state index in [-0.39, 0.29) is 18.5 Å². The number of thiophene rings is 1. The van der Waals surface area contributed by atoms with Gasteiger partial charge in [0.15, 0.2) is 0 Å². The molecule has 1 atom stereocenters. The van der Waals surface area contributed by atoms with Crippen molar-refractivity contribution in [3.8, 4) is 5.75 Å². The maximum Gasteiger partial charge on any atom is 0.325 e. The minimum atomic E-state index is -0.553. The third kappa shape index (κ3) is 5.07. The summed E-state index contributed by atoms with van der Waals surface area (Å²) < 4.78 is 5.05. The Morgan fingerprint density at radius 3 is 2.54 bits per heavy atom. The van der Waals surface area contributed by atoms with Crippen molar-refractivity contribution in [3.63, 3.8) is 0 Å². The van der Waals surface area contributed by atoms with E-state index >= 15 is 0 Å². The largest absolute Gasteiger partial charge is 0.497 e. The zero-order chi connectivity index (χ0) is 17.5. The second kappa shape index (κ2) is 8.47. The molecule has 1 aromatic carbocycles. The molecule has 3 amide bonds. The smallest absolute Gasteiger partial charge is 0.325 e. The molecule has 0 saturated heterocycles. The molecule has 24 heavy (non-hydrogen) atoms. The van der Waals surface area contributed by atoms with Crippen LogP contribution in [0.1, 0.15) is 17.8 Å². The quantitative estimate of drug-likeness (QED) is 0.842. The first-order valence-corrected chi connectivity index (χ1v) is 8.36. The summed E-state index contributed by atoms with van der Waals surface area (Å²) in [5.74, 6) is 0.341. The number of ether oxygens (including phenoxy) is 1. The molecule has 1 aromatic heterocycles. The zero-order valence-corrected chi connectivity index (χ0v) is 14.7. The Labute approximate surface area is 145 Å². The third-order valence-electron chi connectivity index (χ3n) is 3.61. The van der Waals surface area contributed by atoms with Crippen molar-refractivity contribution >= 4 is 29.0 Å². The highest BCUT2D eigenvalue weighted by Crippen LogP contribution is 2.22. The Bertz CT molecular complexity index is 671. The van der Waals surface area contributed by atoms with Crippen LogP contribution < -0.4 is 15.4 Å². The van der Waals surface area contributed by atoms with Crippen LogP contribution in [0.4, 0.5) is 10.5 Å². The van der Waals surface area contributed by atoms with E-state index in [4.69, 9.17) is 4.74 Å². The molecular formula is C17H21N3O3S. The van der Waals surface area contributed by atoms with Gasteiger partial charge in [-0.25, -0.2) is 4.79 Å². The molecular weight excluding hydrogens is 326 g/mol. The van der Waals surface area contributed by atoms with Gasteiger partial charge in [0.1, 0.15) is 5.75 Å². The molecule has 2 N–H and O–H groups in total. The average molecular weight is 347 g/mol. The number of benzene rings is 1. The van der Waals surface area contributed by atoms with Crippen molar-refractivity contribution in [3.05, 3.63) is 46.7 Å². The van der Waals surface area contributed by atoms with E-state index in [1.54, 1.807) is 42.7 Å². The average Bonchev–Trinajstić information content (AvgIpc) is 3.08. The highest BCUT2D eigenvalue weighted by atomic mass is 32.1. The van der Waals surface area contributed by atoms with Crippen molar-refractivity contribution < 1.29 is 14.3 Å². The van der Waals surface area contributed by atoms with Crippen LogP contribution in [0.5, 0.6) is 5.75 Å². The Hall–Kier alpha value is -2.38. The van der Waals surface area contributed by atoms with Crippen molar-refractivity contribution in [1.82, 2.24) is 10.2 Å². The van der Waals surface area contributed by atoms with Crippen LogP contribution in [-0.2, 0) is 4.79 Å². The number of nitrogens with zero attached hydrogens (tertiary/aromatic N) is 1. The summed E-state index contributed by atoms with van der Waals surface area (Å²) in [7, 11) is 3.42. The van der Waals surface area contributed by atoms with Gasteiger partial charge in [-0.1, -0.05) is 6.07 Å². The summed E-state index contributed by atoms with van der Waals surface area (Å²) in [4.78, 5) is 26.9. The molecule has 6 nitrogen and oxygen atoms in total. The first-order valence-electron chi connectivity index (χ1n) is 7.48. The molecule has 7 heteroatoms. The second-order valence-corrected chi connectivity index (χ2v) is 6.32. The maximum atomic E-state index is 12.0. The molecule has 0 aliphatic carbocycles. The summed E-state index contributed by atoms with van der Waals surface area (Å²) in [5, 5.41) is 6.94. The van der Waals surface area contributed by atoms with Crippen molar-refractivity contribution in [2.75, 3.05) is 26.0 Å². The summed E-state index contributed by atoms with van der Waals surface area (Å²) in [6, 6.07) is 10.4. The topological polar surface area (TPSA) is 70.7 Å². The van der Waals surface area contributed by atoms with Gasteiger partial charge in [0.25, 0.3) is 0 Å². The predicted octanol–water partition coefficient (Wildman–Crippen LogP) is 3.10. The molecule has 0 bridgehead atoms. The maximum absolute atomic E-state index is 12.0.